The first-order valence-electron chi connectivity index (χ1n) is 7.58. The first-order valence-corrected chi connectivity index (χ1v) is 7.58. The first-order chi connectivity index (χ1) is 10.3. The zero-order valence-corrected chi connectivity index (χ0v) is 12.0. The number of aromatic amines is 1. The van der Waals surface area contributed by atoms with Crippen LogP contribution in [0, 0.1) is 17.8 Å². The average molecular weight is 281 g/mol. The van der Waals surface area contributed by atoms with Crippen molar-refractivity contribution in [1.82, 2.24) is 20.6 Å². The number of H-pyrrole nitrogens is 1. The number of hydrogen-bond acceptors (Lipinski definition) is 4. The number of benzene rings is 1. The van der Waals surface area contributed by atoms with Gasteiger partial charge in [0.2, 0.25) is 5.82 Å². The number of hydrogen-bond donors (Lipinski definition) is 2. The topological polar surface area (TPSA) is 66.5 Å². The van der Waals surface area contributed by atoms with Crippen molar-refractivity contribution in [2.24, 2.45) is 17.8 Å². The van der Waals surface area contributed by atoms with Gasteiger partial charge in [-0.25, -0.2) is 0 Å². The van der Waals surface area contributed by atoms with Crippen LogP contribution in [0.2, 0.25) is 0 Å². The third-order valence-electron chi connectivity index (χ3n) is 4.83. The molecule has 5 heteroatoms. The van der Waals surface area contributed by atoms with Crippen molar-refractivity contribution in [3.8, 4) is 11.4 Å². The second kappa shape index (κ2) is 4.98. The molecule has 4 rings (SSSR count). The second-order valence-corrected chi connectivity index (χ2v) is 6.19. The van der Waals surface area contributed by atoms with Crippen LogP contribution >= 0.6 is 0 Å². The Hall–Kier alpha value is -2.17. The maximum Gasteiger partial charge on any atom is 0.204 e. The van der Waals surface area contributed by atoms with Gasteiger partial charge >= 0.3 is 0 Å². The molecule has 1 aromatic heterocycles. The predicted octanol–water partition coefficient (Wildman–Crippen LogP) is 2.88. The van der Waals surface area contributed by atoms with Crippen molar-refractivity contribution >= 4 is 5.69 Å². The van der Waals surface area contributed by atoms with Gasteiger partial charge in [0.25, 0.3) is 0 Å². The molecule has 2 aromatic rings. The van der Waals surface area contributed by atoms with Crippen molar-refractivity contribution < 1.29 is 0 Å². The smallest absolute Gasteiger partial charge is 0.204 e. The van der Waals surface area contributed by atoms with E-state index >= 15 is 0 Å². The van der Waals surface area contributed by atoms with Gasteiger partial charge in [0.15, 0.2) is 0 Å². The molecule has 2 aliphatic rings. The Morgan fingerprint density at radius 1 is 1.29 bits per heavy atom. The Morgan fingerprint density at radius 3 is 2.95 bits per heavy atom. The number of tetrazole rings is 1. The molecular formula is C16H19N5. The molecule has 1 heterocycles. The Labute approximate surface area is 123 Å². The summed E-state index contributed by atoms with van der Waals surface area (Å²) in [7, 11) is 0. The fourth-order valence-corrected chi connectivity index (χ4v) is 3.80. The molecule has 0 aliphatic heterocycles. The van der Waals surface area contributed by atoms with E-state index in [0.717, 1.165) is 29.0 Å². The molecule has 0 radical (unpaired) electrons. The molecule has 2 aliphatic carbocycles. The highest BCUT2D eigenvalue weighted by Crippen LogP contribution is 2.45. The maximum atomic E-state index is 4.03. The molecular weight excluding hydrogens is 262 g/mol. The number of fused-ring (bicyclic) bond motifs is 2. The van der Waals surface area contributed by atoms with Crippen molar-refractivity contribution in [1.29, 1.82) is 0 Å². The number of anilines is 1. The van der Waals surface area contributed by atoms with Gasteiger partial charge in [-0.3, -0.25) is 0 Å². The van der Waals surface area contributed by atoms with Crippen LogP contribution in [0.1, 0.15) is 19.8 Å². The van der Waals surface area contributed by atoms with Crippen LogP contribution in [0.3, 0.4) is 0 Å². The number of rotatable bonds is 4. The third kappa shape index (κ3) is 2.33. The third-order valence-corrected chi connectivity index (χ3v) is 4.83. The SMILES string of the molecule is CC(Nc1cccc(-c2nn[nH]n2)c1)C1CC2C=CC1C2. The summed E-state index contributed by atoms with van der Waals surface area (Å²) >= 11 is 0. The summed E-state index contributed by atoms with van der Waals surface area (Å²) in [5.41, 5.74) is 2.10. The van der Waals surface area contributed by atoms with Gasteiger partial charge < -0.3 is 5.32 Å². The lowest BCUT2D eigenvalue weighted by molar-refractivity contribution is 0.400. The molecule has 1 saturated carbocycles. The fraction of sp³-hybridized carbons (Fsp3) is 0.438. The predicted molar refractivity (Wildman–Crippen MR) is 81.5 cm³/mol. The van der Waals surface area contributed by atoms with Crippen molar-refractivity contribution in [3.63, 3.8) is 0 Å². The van der Waals surface area contributed by atoms with Crippen molar-refractivity contribution in [2.75, 3.05) is 5.32 Å². The number of nitrogens with zero attached hydrogens (tertiary/aromatic N) is 3. The Balaban J connectivity index is 1.49. The quantitative estimate of drug-likeness (QED) is 0.846. The highest BCUT2D eigenvalue weighted by Gasteiger charge is 2.38. The Bertz CT molecular complexity index is 648. The van der Waals surface area contributed by atoms with Crippen LogP contribution in [-0.2, 0) is 0 Å². The van der Waals surface area contributed by atoms with E-state index in [1.54, 1.807) is 0 Å². The molecule has 0 spiro atoms. The van der Waals surface area contributed by atoms with Crippen LogP contribution in [-0.4, -0.2) is 26.7 Å². The summed E-state index contributed by atoms with van der Waals surface area (Å²) in [6.45, 7) is 2.29. The van der Waals surface area contributed by atoms with Crippen molar-refractivity contribution in [2.45, 2.75) is 25.8 Å². The van der Waals surface area contributed by atoms with Crippen LogP contribution < -0.4 is 5.32 Å². The zero-order chi connectivity index (χ0) is 14.2. The Kier molecular flexibility index (Phi) is 2.98. The molecule has 2 bridgehead atoms. The van der Waals surface area contributed by atoms with E-state index in [1.165, 1.54) is 12.8 Å². The summed E-state index contributed by atoms with van der Waals surface area (Å²) in [6, 6.07) is 8.70. The standard InChI is InChI=1S/C16H19N5/c1-10(15-8-11-5-6-12(15)7-11)17-14-4-2-3-13(9-14)16-18-20-21-19-16/h2-6,9-12,15,17H,7-8H2,1H3,(H,18,19,20,21). The van der Waals surface area contributed by atoms with Crippen LogP contribution in [0.15, 0.2) is 36.4 Å². The molecule has 4 unspecified atom stereocenters. The van der Waals surface area contributed by atoms with Crippen molar-refractivity contribution in [3.05, 3.63) is 36.4 Å². The molecule has 1 aromatic carbocycles. The molecule has 21 heavy (non-hydrogen) atoms. The molecule has 5 nitrogen and oxygen atoms in total. The highest BCUT2D eigenvalue weighted by atomic mass is 15.5. The van der Waals surface area contributed by atoms with Crippen LogP contribution in [0.4, 0.5) is 5.69 Å². The summed E-state index contributed by atoms with van der Waals surface area (Å²) in [6.07, 6.45) is 7.47. The summed E-state index contributed by atoms with van der Waals surface area (Å²) in [5, 5.41) is 17.8. The lowest BCUT2D eigenvalue weighted by Crippen LogP contribution is -2.28. The van der Waals surface area contributed by atoms with E-state index in [9.17, 15) is 0 Å². The van der Waals surface area contributed by atoms with Crippen LogP contribution in [0.25, 0.3) is 11.4 Å². The molecule has 2 N–H and O–H groups in total. The van der Waals surface area contributed by atoms with Gasteiger partial charge in [0.05, 0.1) is 0 Å². The normalized spacial score (nSPS) is 28.0. The minimum absolute atomic E-state index is 0.477. The van der Waals surface area contributed by atoms with Crippen LogP contribution in [0.5, 0.6) is 0 Å². The van der Waals surface area contributed by atoms with E-state index in [1.807, 2.05) is 12.1 Å². The van der Waals surface area contributed by atoms with E-state index in [4.69, 9.17) is 0 Å². The Morgan fingerprint density at radius 2 is 2.24 bits per heavy atom. The fourth-order valence-electron chi connectivity index (χ4n) is 3.80. The monoisotopic (exact) mass is 281 g/mol. The number of aromatic nitrogens is 4. The number of nitrogens with one attached hydrogen (secondary N) is 2. The first kappa shape index (κ1) is 12.6. The molecule has 1 fully saturated rings. The van der Waals surface area contributed by atoms with Gasteiger partial charge in [0, 0.05) is 17.3 Å². The van der Waals surface area contributed by atoms with E-state index in [2.05, 4.69) is 57.1 Å². The van der Waals surface area contributed by atoms with Gasteiger partial charge in [-0.15, -0.1) is 10.2 Å². The maximum absolute atomic E-state index is 4.03. The van der Waals surface area contributed by atoms with E-state index in [-0.39, 0.29) is 0 Å². The summed E-state index contributed by atoms with van der Waals surface area (Å²) in [4.78, 5) is 0. The van der Waals surface area contributed by atoms with E-state index < -0.39 is 0 Å². The molecule has 4 atom stereocenters. The van der Waals surface area contributed by atoms with Gasteiger partial charge in [-0.05, 0) is 54.9 Å². The summed E-state index contributed by atoms with van der Waals surface area (Å²) in [5.74, 6) is 2.95. The van der Waals surface area contributed by atoms with Gasteiger partial charge in [-0.1, -0.05) is 24.3 Å². The highest BCUT2D eigenvalue weighted by molar-refractivity contribution is 5.61. The number of allylic oxidation sites excluding steroid dienone is 2. The molecule has 0 amide bonds. The lowest BCUT2D eigenvalue weighted by atomic mass is 9.87. The minimum atomic E-state index is 0.477. The second-order valence-electron chi connectivity index (χ2n) is 6.19. The van der Waals surface area contributed by atoms with Gasteiger partial charge in [-0.2, -0.15) is 5.21 Å². The largest absolute Gasteiger partial charge is 0.382 e. The lowest BCUT2D eigenvalue weighted by Gasteiger charge is -2.27. The average Bonchev–Trinajstić information content (AvgIpc) is 3.24. The van der Waals surface area contributed by atoms with Gasteiger partial charge in [0.1, 0.15) is 0 Å². The minimum Gasteiger partial charge on any atom is -0.382 e. The van der Waals surface area contributed by atoms with E-state index in [0.29, 0.717) is 11.9 Å². The molecule has 0 saturated heterocycles. The zero-order valence-electron chi connectivity index (χ0n) is 12.0. The molecule has 108 valence electrons. The summed E-state index contributed by atoms with van der Waals surface area (Å²) < 4.78 is 0.